The van der Waals surface area contributed by atoms with Crippen LogP contribution in [0.15, 0.2) is 0 Å². The molecule has 0 aromatic rings. The zero-order valence-electron chi connectivity index (χ0n) is 11.7. The number of ether oxygens (including phenoxy) is 1. The largest absolute Gasteiger partial charge is 0.380 e. The van der Waals surface area contributed by atoms with E-state index >= 15 is 0 Å². The van der Waals surface area contributed by atoms with E-state index in [0.717, 1.165) is 0 Å². The summed E-state index contributed by atoms with van der Waals surface area (Å²) in [4.78, 5) is 23.0. The van der Waals surface area contributed by atoms with E-state index in [-0.39, 0.29) is 30.3 Å². The summed E-state index contributed by atoms with van der Waals surface area (Å²) in [5.74, 6) is -0.506. The van der Waals surface area contributed by atoms with Gasteiger partial charge in [-0.05, 0) is 19.8 Å². The Hall–Kier alpha value is -1.14. The van der Waals surface area contributed by atoms with Gasteiger partial charge in [0.05, 0.1) is 19.2 Å². The second-order valence-electron chi connectivity index (χ2n) is 4.62. The molecule has 0 fully saturated rings. The quantitative estimate of drug-likeness (QED) is 0.554. The average molecular weight is 259 g/mol. The number of amides is 2. The molecule has 2 amide bonds. The van der Waals surface area contributed by atoms with E-state index in [1.165, 1.54) is 0 Å². The zero-order valence-corrected chi connectivity index (χ0v) is 11.7. The van der Waals surface area contributed by atoms with Gasteiger partial charge in [-0.25, -0.2) is 0 Å². The van der Waals surface area contributed by atoms with Crippen molar-refractivity contribution in [1.82, 2.24) is 10.6 Å². The second kappa shape index (κ2) is 8.88. The Balaban J connectivity index is 3.86. The Bertz CT molecular complexity index is 269. The van der Waals surface area contributed by atoms with Crippen molar-refractivity contribution in [3.05, 3.63) is 0 Å². The van der Waals surface area contributed by atoms with E-state index in [2.05, 4.69) is 10.6 Å². The van der Waals surface area contributed by atoms with Crippen LogP contribution in [0.2, 0.25) is 0 Å². The van der Waals surface area contributed by atoms with Gasteiger partial charge in [-0.15, -0.1) is 0 Å². The number of carbonyl (C=O) groups excluding carboxylic acids is 2. The first-order valence-electron chi connectivity index (χ1n) is 6.28. The minimum absolute atomic E-state index is 0.0462. The Labute approximate surface area is 109 Å². The number of nitrogens with two attached hydrogens (primary N) is 1. The van der Waals surface area contributed by atoms with Gasteiger partial charge in [0, 0.05) is 12.6 Å². The van der Waals surface area contributed by atoms with Gasteiger partial charge in [-0.2, -0.15) is 0 Å². The van der Waals surface area contributed by atoms with Crippen LogP contribution in [0, 0.1) is 5.92 Å². The van der Waals surface area contributed by atoms with Crippen LogP contribution >= 0.6 is 0 Å². The summed E-state index contributed by atoms with van der Waals surface area (Å²) >= 11 is 0. The SMILES string of the molecule is CCOCC(C)NC(=O)CNC(=O)[C@@H](N)C(C)C. The molecule has 0 spiro atoms. The maximum atomic E-state index is 11.5. The molecule has 0 radical (unpaired) electrons. The molecule has 0 aromatic heterocycles. The van der Waals surface area contributed by atoms with Gasteiger partial charge in [-0.1, -0.05) is 13.8 Å². The smallest absolute Gasteiger partial charge is 0.239 e. The van der Waals surface area contributed by atoms with E-state index in [4.69, 9.17) is 10.5 Å². The van der Waals surface area contributed by atoms with E-state index in [0.29, 0.717) is 13.2 Å². The Morgan fingerprint density at radius 2 is 1.89 bits per heavy atom. The van der Waals surface area contributed by atoms with Crippen LogP contribution in [0.25, 0.3) is 0 Å². The highest BCUT2D eigenvalue weighted by Gasteiger charge is 2.17. The van der Waals surface area contributed by atoms with Gasteiger partial charge in [-0.3, -0.25) is 9.59 Å². The highest BCUT2D eigenvalue weighted by Crippen LogP contribution is 1.97. The lowest BCUT2D eigenvalue weighted by Crippen LogP contribution is -2.48. The summed E-state index contributed by atoms with van der Waals surface area (Å²) in [6.45, 7) is 8.46. The predicted octanol–water partition coefficient (Wildman–Crippen LogP) is -0.373. The number of carbonyl (C=O) groups is 2. The number of rotatable bonds is 8. The maximum Gasteiger partial charge on any atom is 0.239 e. The molecule has 4 N–H and O–H groups in total. The van der Waals surface area contributed by atoms with E-state index < -0.39 is 6.04 Å². The van der Waals surface area contributed by atoms with Crippen LogP contribution in [0.1, 0.15) is 27.7 Å². The summed E-state index contributed by atoms with van der Waals surface area (Å²) < 4.78 is 5.17. The third-order valence-electron chi connectivity index (χ3n) is 2.42. The van der Waals surface area contributed by atoms with Crippen molar-refractivity contribution < 1.29 is 14.3 Å². The second-order valence-corrected chi connectivity index (χ2v) is 4.62. The third-order valence-corrected chi connectivity index (χ3v) is 2.42. The molecule has 0 saturated heterocycles. The van der Waals surface area contributed by atoms with Crippen molar-refractivity contribution in [2.75, 3.05) is 19.8 Å². The fraction of sp³-hybridized carbons (Fsp3) is 0.833. The molecule has 0 saturated carbocycles. The van der Waals surface area contributed by atoms with Crippen LogP contribution in [0.5, 0.6) is 0 Å². The molecule has 18 heavy (non-hydrogen) atoms. The molecular weight excluding hydrogens is 234 g/mol. The van der Waals surface area contributed by atoms with E-state index in [1.54, 1.807) is 0 Å². The molecule has 6 heteroatoms. The number of hydrogen-bond donors (Lipinski definition) is 3. The molecule has 106 valence electrons. The molecule has 0 aliphatic heterocycles. The minimum atomic E-state index is -0.585. The molecular formula is C12H25N3O3. The van der Waals surface area contributed by atoms with Crippen LogP contribution in [-0.4, -0.2) is 43.7 Å². The zero-order chi connectivity index (χ0) is 14.1. The molecule has 0 rings (SSSR count). The highest BCUT2D eigenvalue weighted by molar-refractivity contribution is 5.87. The van der Waals surface area contributed by atoms with Crippen molar-refractivity contribution in [2.45, 2.75) is 39.8 Å². The van der Waals surface area contributed by atoms with Crippen LogP contribution in [0.3, 0.4) is 0 Å². The van der Waals surface area contributed by atoms with Crippen LogP contribution in [0.4, 0.5) is 0 Å². The van der Waals surface area contributed by atoms with Gasteiger partial charge >= 0.3 is 0 Å². The van der Waals surface area contributed by atoms with Crippen molar-refractivity contribution in [3.63, 3.8) is 0 Å². The summed E-state index contributed by atoms with van der Waals surface area (Å²) in [6.07, 6.45) is 0. The molecule has 2 atom stereocenters. The minimum Gasteiger partial charge on any atom is -0.380 e. The van der Waals surface area contributed by atoms with Crippen LogP contribution in [-0.2, 0) is 14.3 Å². The molecule has 0 aliphatic carbocycles. The first-order chi connectivity index (χ1) is 8.38. The lowest BCUT2D eigenvalue weighted by atomic mass is 10.1. The fourth-order valence-electron chi connectivity index (χ4n) is 1.25. The summed E-state index contributed by atoms with van der Waals surface area (Å²) in [6, 6.07) is -0.660. The molecule has 0 aliphatic rings. The van der Waals surface area contributed by atoms with Crippen molar-refractivity contribution in [2.24, 2.45) is 11.7 Å². The first-order valence-corrected chi connectivity index (χ1v) is 6.28. The monoisotopic (exact) mass is 259 g/mol. The molecule has 6 nitrogen and oxygen atoms in total. The van der Waals surface area contributed by atoms with Gasteiger partial charge in [0.25, 0.3) is 0 Å². The number of nitrogens with one attached hydrogen (secondary N) is 2. The van der Waals surface area contributed by atoms with Crippen molar-refractivity contribution in [1.29, 1.82) is 0 Å². The van der Waals surface area contributed by atoms with E-state index in [9.17, 15) is 9.59 Å². The molecule has 0 bridgehead atoms. The molecule has 1 unspecified atom stereocenters. The summed E-state index contributed by atoms with van der Waals surface area (Å²) in [5, 5.41) is 5.23. The highest BCUT2D eigenvalue weighted by atomic mass is 16.5. The topological polar surface area (TPSA) is 93.5 Å². The average Bonchev–Trinajstić information content (AvgIpc) is 2.32. The molecule has 0 aromatic carbocycles. The van der Waals surface area contributed by atoms with Gasteiger partial charge < -0.3 is 21.1 Å². The summed E-state index contributed by atoms with van der Waals surface area (Å²) in [7, 11) is 0. The maximum absolute atomic E-state index is 11.5. The van der Waals surface area contributed by atoms with Crippen molar-refractivity contribution in [3.8, 4) is 0 Å². The Morgan fingerprint density at radius 3 is 2.39 bits per heavy atom. The van der Waals surface area contributed by atoms with Gasteiger partial charge in [0.15, 0.2) is 0 Å². The lowest BCUT2D eigenvalue weighted by Gasteiger charge is -2.17. The number of hydrogen-bond acceptors (Lipinski definition) is 4. The van der Waals surface area contributed by atoms with Gasteiger partial charge in [0.2, 0.25) is 11.8 Å². The first kappa shape index (κ1) is 16.9. The van der Waals surface area contributed by atoms with E-state index in [1.807, 2.05) is 27.7 Å². The Kier molecular flexibility index (Phi) is 8.32. The normalized spacial score (nSPS) is 14.1. The predicted molar refractivity (Wildman–Crippen MR) is 69.9 cm³/mol. The lowest BCUT2D eigenvalue weighted by molar-refractivity contribution is -0.127. The van der Waals surface area contributed by atoms with Crippen molar-refractivity contribution >= 4 is 11.8 Å². The standard InChI is InChI=1S/C12H25N3O3/c1-5-18-7-9(4)15-10(16)6-14-12(17)11(13)8(2)3/h8-9,11H,5-7,13H2,1-4H3,(H,14,17)(H,15,16)/t9?,11-/m0/s1. The Morgan fingerprint density at radius 1 is 1.28 bits per heavy atom. The fourth-order valence-corrected chi connectivity index (χ4v) is 1.25. The van der Waals surface area contributed by atoms with Gasteiger partial charge in [0.1, 0.15) is 0 Å². The van der Waals surface area contributed by atoms with Crippen LogP contribution < -0.4 is 16.4 Å². The summed E-state index contributed by atoms with van der Waals surface area (Å²) in [5.41, 5.74) is 5.65. The molecule has 0 heterocycles. The third kappa shape index (κ3) is 7.24.